The Kier molecular flexibility index (Phi) is 4.45. The van der Waals surface area contributed by atoms with Crippen molar-refractivity contribution >= 4 is 27.4 Å². The van der Waals surface area contributed by atoms with E-state index in [0.29, 0.717) is 10.0 Å². The summed E-state index contributed by atoms with van der Waals surface area (Å²) in [6, 6.07) is 7.09. The van der Waals surface area contributed by atoms with Crippen LogP contribution in [0.25, 0.3) is 0 Å². The number of rotatable bonds is 4. The SMILES string of the molecule is N#Cc1cnc(NCc2cc(F)ccc2Br)c([N+](=O)[O-])c1. The molecule has 21 heavy (non-hydrogen) atoms. The molecule has 0 spiro atoms. The third kappa shape index (κ3) is 3.52. The normalized spacial score (nSPS) is 9.95. The van der Waals surface area contributed by atoms with Gasteiger partial charge in [0, 0.05) is 23.3 Å². The fourth-order valence-electron chi connectivity index (χ4n) is 1.65. The third-order valence-corrected chi connectivity index (χ3v) is 3.42. The molecule has 0 radical (unpaired) electrons. The second kappa shape index (κ2) is 6.28. The minimum absolute atomic E-state index is 0.0233. The van der Waals surface area contributed by atoms with Gasteiger partial charge in [-0.2, -0.15) is 5.26 Å². The number of halogens is 2. The summed E-state index contributed by atoms with van der Waals surface area (Å²) in [5.41, 5.74) is 0.385. The average molecular weight is 351 g/mol. The van der Waals surface area contributed by atoms with E-state index in [2.05, 4.69) is 26.2 Å². The van der Waals surface area contributed by atoms with Crippen molar-refractivity contribution in [2.75, 3.05) is 5.32 Å². The Balaban J connectivity index is 2.26. The number of benzene rings is 1. The topological polar surface area (TPSA) is 91.8 Å². The molecule has 1 aromatic carbocycles. The molecule has 1 N–H and O–H groups in total. The van der Waals surface area contributed by atoms with E-state index in [4.69, 9.17) is 5.26 Å². The molecule has 0 saturated carbocycles. The van der Waals surface area contributed by atoms with Crippen LogP contribution in [0.5, 0.6) is 0 Å². The van der Waals surface area contributed by atoms with E-state index in [0.717, 1.165) is 6.07 Å². The zero-order valence-electron chi connectivity index (χ0n) is 10.5. The Bertz CT molecular complexity index is 745. The second-order valence-electron chi connectivity index (χ2n) is 4.05. The van der Waals surface area contributed by atoms with Crippen molar-refractivity contribution in [3.05, 3.63) is 62.0 Å². The van der Waals surface area contributed by atoms with Crippen LogP contribution < -0.4 is 5.32 Å². The Labute approximate surface area is 127 Å². The van der Waals surface area contributed by atoms with Gasteiger partial charge in [0.2, 0.25) is 5.82 Å². The Morgan fingerprint density at radius 3 is 2.90 bits per heavy atom. The van der Waals surface area contributed by atoms with Gasteiger partial charge in [-0.05, 0) is 23.8 Å². The molecule has 1 heterocycles. The molecule has 0 unspecified atom stereocenters. The van der Waals surface area contributed by atoms with Crippen LogP contribution in [0.15, 0.2) is 34.9 Å². The van der Waals surface area contributed by atoms with Gasteiger partial charge in [0.05, 0.1) is 10.5 Å². The minimum Gasteiger partial charge on any atom is -0.360 e. The zero-order valence-corrected chi connectivity index (χ0v) is 12.1. The zero-order chi connectivity index (χ0) is 15.4. The van der Waals surface area contributed by atoms with Gasteiger partial charge in [0.1, 0.15) is 11.9 Å². The number of aromatic nitrogens is 1. The van der Waals surface area contributed by atoms with E-state index in [1.807, 2.05) is 0 Å². The van der Waals surface area contributed by atoms with Crippen LogP contribution in [0.4, 0.5) is 15.9 Å². The molecule has 0 aliphatic rings. The molecule has 2 rings (SSSR count). The van der Waals surface area contributed by atoms with Crippen molar-refractivity contribution in [3.8, 4) is 6.07 Å². The maximum absolute atomic E-state index is 13.2. The van der Waals surface area contributed by atoms with Crippen LogP contribution in [0.3, 0.4) is 0 Å². The molecule has 106 valence electrons. The van der Waals surface area contributed by atoms with Crippen molar-refractivity contribution < 1.29 is 9.31 Å². The van der Waals surface area contributed by atoms with Crippen LogP contribution in [0.2, 0.25) is 0 Å². The largest absolute Gasteiger partial charge is 0.360 e. The molecule has 0 bridgehead atoms. The first kappa shape index (κ1) is 14.9. The fourth-order valence-corrected chi connectivity index (χ4v) is 2.03. The summed E-state index contributed by atoms with van der Waals surface area (Å²) < 4.78 is 13.8. The van der Waals surface area contributed by atoms with Gasteiger partial charge in [0.15, 0.2) is 0 Å². The number of anilines is 1. The smallest absolute Gasteiger partial charge is 0.312 e. The number of pyridine rings is 1. The molecule has 6 nitrogen and oxygen atoms in total. The van der Waals surface area contributed by atoms with E-state index in [1.165, 1.54) is 18.3 Å². The maximum atomic E-state index is 13.2. The molecular formula is C13H8BrFN4O2. The van der Waals surface area contributed by atoms with E-state index >= 15 is 0 Å². The molecule has 0 saturated heterocycles. The summed E-state index contributed by atoms with van der Waals surface area (Å²) in [6.45, 7) is 0.151. The van der Waals surface area contributed by atoms with Gasteiger partial charge in [-0.3, -0.25) is 10.1 Å². The number of nitrogens with one attached hydrogen (secondary N) is 1. The van der Waals surface area contributed by atoms with Crippen molar-refractivity contribution in [3.63, 3.8) is 0 Å². The second-order valence-corrected chi connectivity index (χ2v) is 4.90. The average Bonchev–Trinajstić information content (AvgIpc) is 2.48. The lowest BCUT2D eigenvalue weighted by Crippen LogP contribution is -2.06. The molecule has 2 aromatic rings. The van der Waals surface area contributed by atoms with Crippen LogP contribution in [-0.4, -0.2) is 9.91 Å². The molecule has 0 aliphatic heterocycles. The van der Waals surface area contributed by atoms with Gasteiger partial charge >= 0.3 is 5.69 Å². The van der Waals surface area contributed by atoms with Gasteiger partial charge in [-0.25, -0.2) is 9.37 Å². The molecular weight excluding hydrogens is 343 g/mol. The highest BCUT2D eigenvalue weighted by Crippen LogP contribution is 2.24. The van der Waals surface area contributed by atoms with Crippen LogP contribution in [-0.2, 0) is 6.54 Å². The highest BCUT2D eigenvalue weighted by Gasteiger charge is 2.16. The lowest BCUT2D eigenvalue weighted by atomic mass is 10.2. The Hall–Kier alpha value is -2.53. The predicted octanol–water partition coefficient (Wildman–Crippen LogP) is 3.38. The summed E-state index contributed by atoms with van der Waals surface area (Å²) in [5, 5.41) is 22.5. The first-order chi connectivity index (χ1) is 10.0. The molecule has 1 aromatic heterocycles. The van der Waals surface area contributed by atoms with Gasteiger partial charge in [0.25, 0.3) is 0 Å². The van der Waals surface area contributed by atoms with Gasteiger partial charge < -0.3 is 5.32 Å². The summed E-state index contributed by atoms with van der Waals surface area (Å²) in [6.07, 6.45) is 1.23. The van der Waals surface area contributed by atoms with Crippen LogP contribution in [0, 0.1) is 27.3 Å². The summed E-state index contributed by atoms with van der Waals surface area (Å²) in [4.78, 5) is 14.2. The maximum Gasteiger partial charge on any atom is 0.312 e. The van der Waals surface area contributed by atoms with E-state index in [-0.39, 0.29) is 23.6 Å². The number of hydrogen-bond donors (Lipinski definition) is 1. The highest BCUT2D eigenvalue weighted by molar-refractivity contribution is 9.10. The highest BCUT2D eigenvalue weighted by atomic mass is 79.9. The number of hydrogen-bond acceptors (Lipinski definition) is 5. The predicted molar refractivity (Wildman–Crippen MR) is 77.0 cm³/mol. The summed E-state index contributed by atoms with van der Waals surface area (Å²) >= 11 is 3.27. The van der Waals surface area contributed by atoms with Gasteiger partial charge in [-0.1, -0.05) is 15.9 Å². The summed E-state index contributed by atoms with van der Waals surface area (Å²) in [7, 11) is 0. The minimum atomic E-state index is -0.628. The molecule has 0 fully saturated rings. The molecule has 0 aliphatic carbocycles. The Morgan fingerprint density at radius 1 is 1.48 bits per heavy atom. The standard InChI is InChI=1S/C13H8BrFN4O2/c14-11-2-1-10(15)4-9(11)7-18-13-12(19(20)21)3-8(5-16)6-17-13/h1-4,6H,7H2,(H,17,18). The molecule has 8 heteroatoms. The lowest BCUT2D eigenvalue weighted by Gasteiger charge is -2.08. The fraction of sp³-hybridized carbons (Fsp3) is 0.0769. The number of nitro groups is 1. The quantitative estimate of drug-likeness (QED) is 0.674. The Morgan fingerprint density at radius 2 is 2.24 bits per heavy atom. The summed E-state index contributed by atoms with van der Waals surface area (Å²) in [5.74, 6) is -0.382. The van der Waals surface area contributed by atoms with Crippen molar-refractivity contribution in [1.29, 1.82) is 5.26 Å². The number of nitrogens with zero attached hydrogens (tertiary/aromatic N) is 3. The first-order valence-electron chi connectivity index (χ1n) is 5.73. The van der Waals surface area contributed by atoms with Crippen molar-refractivity contribution in [1.82, 2.24) is 4.98 Å². The van der Waals surface area contributed by atoms with E-state index < -0.39 is 10.7 Å². The molecule has 0 atom stereocenters. The third-order valence-electron chi connectivity index (χ3n) is 2.65. The van der Waals surface area contributed by atoms with Crippen LogP contribution in [0.1, 0.15) is 11.1 Å². The number of nitriles is 1. The molecule has 0 amide bonds. The first-order valence-corrected chi connectivity index (χ1v) is 6.53. The van der Waals surface area contributed by atoms with Crippen LogP contribution >= 0.6 is 15.9 Å². The monoisotopic (exact) mass is 350 g/mol. The van der Waals surface area contributed by atoms with Gasteiger partial charge in [-0.15, -0.1) is 0 Å². The van der Waals surface area contributed by atoms with E-state index in [9.17, 15) is 14.5 Å². The van der Waals surface area contributed by atoms with Crippen molar-refractivity contribution in [2.45, 2.75) is 6.54 Å². The van der Waals surface area contributed by atoms with Crippen molar-refractivity contribution in [2.24, 2.45) is 0 Å². The lowest BCUT2D eigenvalue weighted by molar-refractivity contribution is -0.384. The van der Waals surface area contributed by atoms with E-state index in [1.54, 1.807) is 12.1 Å².